The van der Waals surface area contributed by atoms with Crippen molar-refractivity contribution in [2.45, 2.75) is 137 Å². The number of carbonyl (C=O) groups excluding carboxylic acids is 2. The number of aromatic nitrogens is 10. The minimum atomic E-state index is -0.571. The fraction of sp³-hybridized carbons (Fsp3) is 0.278. The van der Waals surface area contributed by atoms with Gasteiger partial charge in [-0.1, -0.05) is 152 Å². The van der Waals surface area contributed by atoms with Gasteiger partial charge in [0.15, 0.2) is 0 Å². The van der Waals surface area contributed by atoms with Crippen LogP contribution in [0.15, 0.2) is 270 Å². The third kappa shape index (κ3) is 20.0. The Balaban J connectivity index is 0.000000118. The number of carbonyl (C=O) groups is 2. The zero-order valence-corrected chi connectivity index (χ0v) is 71.6. The van der Waals surface area contributed by atoms with Gasteiger partial charge in [0.25, 0.3) is 30.1 Å². The summed E-state index contributed by atoms with van der Waals surface area (Å²) in [5.41, 5.74) is 41.7. The van der Waals surface area contributed by atoms with Crippen LogP contribution in [0.4, 0.5) is 9.59 Å². The first-order valence-electron chi connectivity index (χ1n) is 41.8. The Morgan fingerprint density at radius 3 is 0.764 bits per heavy atom. The zero-order chi connectivity index (χ0) is 85.1. The van der Waals surface area contributed by atoms with Gasteiger partial charge >= 0.3 is 12.2 Å². The molecular formula is C97H95N20O9Pd-. The van der Waals surface area contributed by atoms with Crippen LogP contribution in [-0.4, -0.2) is 153 Å². The first-order valence-corrected chi connectivity index (χ1v) is 41.8. The van der Waals surface area contributed by atoms with E-state index < -0.39 is 12.2 Å². The Hall–Kier alpha value is -14.1. The van der Waals surface area contributed by atoms with Crippen LogP contribution in [0.1, 0.15) is 98.9 Å². The van der Waals surface area contributed by atoms with E-state index in [1.807, 2.05) is 123 Å². The molecule has 0 radical (unpaired) electrons. The molecule has 30 heteroatoms. The molecule has 7 aromatic carbocycles. The van der Waals surface area contributed by atoms with Crippen molar-refractivity contribution in [3.8, 4) is 55.6 Å². The predicted octanol–water partition coefficient (Wildman–Crippen LogP) is 13.0. The molecule has 10 aliphatic rings. The van der Waals surface area contributed by atoms with Gasteiger partial charge in [-0.05, 0) is 159 Å². The second-order valence-corrected chi connectivity index (χ2v) is 32.9. The summed E-state index contributed by atoms with van der Waals surface area (Å²) in [4.78, 5) is 88.9. The van der Waals surface area contributed by atoms with Gasteiger partial charge in [0.2, 0.25) is 0 Å². The van der Waals surface area contributed by atoms with Crippen LogP contribution in [0.25, 0.3) is 55.6 Å². The molecule has 2 amide bonds. The SMILES string of the molecule is NC1=NC2(CCc3cccc(-c4cncnc4)c3C2)CO1.NC1=N[C@@]2(CCc3cccc(-c4cncnc4)c3C2)CO1.NC1=N[C@]2(CCc3cccc(-c4cncnc4)c3C2)CO1.O=C(NC1=NC2(CCc3cccc(-c4cncnc4)c3C2)CO1)OCc1ccccc1.O=C(NC1=NC2(CCc3cccc(-c4cncnc4)c3C2)CO1)OCc1ccccc1.[CH3-].[Pd]. The van der Waals surface area contributed by atoms with E-state index >= 15 is 0 Å². The molecule has 648 valence electrons. The summed E-state index contributed by atoms with van der Waals surface area (Å²) >= 11 is 0. The standard InChI is InChI=1S/2C24H22N4O3.3C16H16N4O.CH3.Pd/c2*29-23(30-14-17-5-2-1-3-6-17)27-22-28-24(15-31-22)10-9-18-7-4-8-20(21(18)11-24)19-12-25-16-26-13-19;3*17-15-20-16(9-21-15)5-4-11-2-1-3-13(14(11)6-16)12-7-18-10-19-8-12;;/h2*1-8,12-13,16H,9-11,14-15H2,(H,27,28,29);3*1-3,7-8,10H,4-6,9H2,(H2,17,20);1H3;/q;;;;;-1;/t;;2*16-;;;/m..10.../s1. The number of nitrogens with zero attached hydrogens (tertiary/aromatic N) is 15. The number of aryl methyl sites for hydroxylation is 5. The monoisotopic (exact) mass is 1790 g/mol. The Bertz CT molecular complexity index is 5600. The largest absolute Gasteiger partial charge is 0.463 e. The topological polar surface area (TPSA) is 392 Å². The predicted molar refractivity (Wildman–Crippen MR) is 477 cm³/mol. The summed E-state index contributed by atoms with van der Waals surface area (Å²) in [5.74, 6) is 0. The molecule has 5 aromatic heterocycles. The second kappa shape index (κ2) is 38.6. The molecule has 10 heterocycles. The molecule has 0 saturated carbocycles. The Morgan fingerprint density at radius 1 is 0.307 bits per heavy atom. The van der Waals surface area contributed by atoms with E-state index in [0.717, 1.165) is 146 Å². The summed E-state index contributed by atoms with van der Waals surface area (Å²) in [6.45, 7) is 3.00. The van der Waals surface area contributed by atoms with Crippen molar-refractivity contribution >= 4 is 42.3 Å². The maximum absolute atomic E-state index is 12.2. The van der Waals surface area contributed by atoms with Crippen molar-refractivity contribution in [1.29, 1.82) is 0 Å². The van der Waals surface area contributed by atoms with Gasteiger partial charge in [-0.15, -0.1) is 0 Å². The molecule has 5 aliphatic heterocycles. The van der Waals surface area contributed by atoms with E-state index in [1.54, 1.807) is 19.0 Å². The van der Waals surface area contributed by atoms with Crippen LogP contribution in [0.2, 0.25) is 0 Å². The number of amidine groups is 5. The number of hydrogen-bond acceptors (Lipinski definition) is 27. The van der Waals surface area contributed by atoms with E-state index in [4.69, 9.17) is 60.3 Å². The number of ether oxygens (including phenoxy) is 7. The van der Waals surface area contributed by atoms with E-state index in [1.165, 1.54) is 85.0 Å². The molecule has 8 N–H and O–H groups in total. The number of rotatable bonds is 9. The van der Waals surface area contributed by atoms with Crippen molar-refractivity contribution in [3.05, 3.63) is 319 Å². The van der Waals surface area contributed by atoms with Crippen molar-refractivity contribution in [3.63, 3.8) is 0 Å². The maximum atomic E-state index is 12.2. The molecule has 127 heavy (non-hydrogen) atoms. The normalized spacial score (nSPS) is 21.1. The second-order valence-electron chi connectivity index (χ2n) is 32.9. The number of hydrogen-bond donors (Lipinski definition) is 5. The van der Waals surface area contributed by atoms with E-state index in [0.29, 0.717) is 51.1 Å². The van der Waals surface area contributed by atoms with Gasteiger partial charge in [-0.3, -0.25) is 0 Å². The minimum Gasteiger partial charge on any atom is -0.463 e. The van der Waals surface area contributed by atoms with Gasteiger partial charge in [0.1, 0.15) is 106 Å². The quantitative estimate of drug-likeness (QED) is 0.0662. The number of amides is 2. The summed E-state index contributed by atoms with van der Waals surface area (Å²) in [5, 5.41) is 5.28. The first-order chi connectivity index (χ1) is 61.2. The third-order valence-electron chi connectivity index (χ3n) is 24.5. The number of aliphatic imine (C=N–C) groups is 5. The fourth-order valence-corrected chi connectivity index (χ4v) is 18.3. The summed E-state index contributed by atoms with van der Waals surface area (Å²) < 4.78 is 38.3. The molecular weight excluding hydrogens is 1700 g/mol. The Labute approximate surface area is 748 Å². The van der Waals surface area contributed by atoms with Gasteiger partial charge in [0, 0.05) is 142 Å². The summed E-state index contributed by atoms with van der Waals surface area (Å²) in [6, 6.07) is 52.4. The van der Waals surface area contributed by atoms with Gasteiger partial charge < -0.3 is 57.8 Å². The minimum absolute atomic E-state index is 0. The number of nitrogens with two attached hydrogens (primary N) is 3. The van der Waals surface area contributed by atoms with Gasteiger partial charge in [-0.25, -0.2) is 95.0 Å². The first kappa shape index (κ1) is 86.4. The molecule has 12 aromatic rings. The molecule has 0 saturated heterocycles. The number of nitrogens with one attached hydrogen (secondary N) is 2. The van der Waals surface area contributed by atoms with Gasteiger partial charge in [0.05, 0.1) is 0 Å². The van der Waals surface area contributed by atoms with Crippen LogP contribution < -0.4 is 27.8 Å². The Morgan fingerprint density at radius 2 is 0.535 bits per heavy atom. The van der Waals surface area contributed by atoms with E-state index in [-0.39, 0.29) is 80.8 Å². The molecule has 5 spiro atoms. The van der Waals surface area contributed by atoms with Crippen LogP contribution in [-0.2, 0) is 131 Å². The van der Waals surface area contributed by atoms with Crippen LogP contribution >= 0.6 is 0 Å². The molecule has 22 rings (SSSR count). The number of fused-ring (bicyclic) bond motifs is 5. The smallest absolute Gasteiger partial charge is 0.415 e. The van der Waals surface area contributed by atoms with Crippen molar-refractivity contribution in [2.75, 3.05) is 33.0 Å². The van der Waals surface area contributed by atoms with Crippen LogP contribution in [0.3, 0.4) is 0 Å². The van der Waals surface area contributed by atoms with E-state index in [9.17, 15) is 9.59 Å². The fourth-order valence-electron chi connectivity index (χ4n) is 18.3. The van der Waals surface area contributed by atoms with E-state index in [2.05, 4.69) is 166 Å². The molecule has 5 aliphatic carbocycles. The number of benzene rings is 7. The molecule has 5 atom stereocenters. The van der Waals surface area contributed by atoms with Gasteiger partial charge in [-0.2, -0.15) is 0 Å². The zero-order valence-electron chi connectivity index (χ0n) is 70.1. The molecule has 3 unspecified atom stereocenters. The van der Waals surface area contributed by atoms with Crippen LogP contribution in [0.5, 0.6) is 0 Å². The molecule has 0 bridgehead atoms. The molecule has 0 fully saturated rings. The summed E-state index contributed by atoms with van der Waals surface area (Å²) in [6.07, 6.45) is 38.5. The maximum Gasteiger partial charge on any atom is 0.415 e. The van der Waals surface area contributed by atoms with Crippen LogP contribution in [0, 0.1) is 7.43 Å². The van der Waals surface area contributed by atoms with Crippen molar-refractivity contribution in [2.24, 2.45) is 42.2 Å². The Kier molecular flexibility index (Phi) is 26.2. The molecule has 29 nitrogen and oxygen atoms in total. The summed E-state index contributed by atoms with van der Waals surface area (Å²) in [7, 11) is 0. The van der Waals surface area contributed by atoms with Crippen molar-refractivity contribution < 1.29 is 63.2 Å². The number of alkyl carbamates (subject to hydrolysis) is 2. The average molecular weight is 1790 g/mol. The average Bonchev–Trinajstić information content (AvgIpc) is 1.75. The van der Waals surface area contributed by atoms with Crippen molar-refractivity contribution in [1.82, 2.24) is 60.5 Å². The third-order valence-corrected chi connectivity index (χ3v) is 24.5.